The molecule has 0 heterocycles. The SMILES string of the molecule is COC(CN)C(=O)N(C)Cc1c(F)cccc1Cl.Cl. The molecular formula is C12H17Cl2FN2O2. The Bertz CT molecular complexity index is 408. The number of hydrogen-bond acceptors (Lipinski definition) is 3. The van der Waals surface area contributed by atoms with Gasteiger partial charge in [-0.2, -0.15) is 0 Å². The summed E-state index contributed by atoms with van der Waals surface area (Å²) in [6.45, 7) is 0.148. The maximum absolute atomic E-state index is 13.6. The van der Waals surface area contributed by atoms with Crippen LogP contribution in [0.1, 0.15) is 5.56 Å². The Hall–Kier alpha value is -0.880. The van der Waals surface area contributed by atoms with Gasteiger partial charge in [-0.1, -0.05) is 17.7 Å². The van der Waals surface area contributed by atoms with Gasteiger partial charge in [0.15, 0.2) is 0 Å². The summed E-state index contributed by atoms with van der Waals surface area (Å²) in [5.41, 5.74) is 5.68. The van der Waals surface area contributed by atoms with Crippen LogP contribution in [0.5, 0.6) is 0 Å². The molecule has 0 bridgehead atoms. The first-order valence-corrected chi connectivity index (χ1v) is 5.79. The number of rotatable bonds is 5. The number of amides is 1. The predicted octanol–water partition coefficient (Wildman–Crippen LogP) is 1.83. The second kappa shape index (κ2) is 8.32. The molecule has 4 nitrogen and oxygen atoms in total. The molecule has 108 valence electrons. The van der Waals surface area contributed by atoms with Crippen LogP contribution in [0.3, 0.4) is 0 Å². The number of likely N-dealkylation sites (N-methyl/N-ethyl adjacent to an activating group) is 1. The number of halogens is 3. The molecule has 1 unspecified atom stereocenters. The Morgan fingerprint density at radius 2 is 2.21 bits per heavy atom. The van der Waals surface area contributed by atoms with Gasteiger partial charge in [-0.25, -0.2) is 4.39 Å². The van der Waals surface area contributed by atoms with E-state index in [1.807, 2.05) is 0 Å². The van der Waals surface area contributed by atoms with Crippen molar-refractivity contribution in [2.75, 3.05) is 20.7 Å². The van der Waals surface area contributed by atoms with Crippen LogP contribution in [0.2, 0.25) is 5.02 Å². The molecule has 0 aliphatic rings. The van der Waals surface area contributed by atoms with Crippen LogP contribution in [0.25, 0.3) is 0 Å². The van der Waals surface area contributed by atoms with Crippen LogP contribution in [0.4, 0.5) is 4.39 Å². The molecule has 0 aromatic heterocycles. The summed E-state index contributed by atoms with van der Waals surface area (Å²) in [6.07, 6.45) is -0.722. The van der Waals surface area contributed by atoms with E-state index in [2.05, 4.69) is 0 Å². The van der Waals surface area contributed by atoms with Crippen molar-refractivity contribution in [2.45, 2.75) is 12.6 Å². The molecule has 1 amide bonds. The van der Waals surface area contributed by atoms with Crippen molar-refractivity contribution in [3.8, 4) is 0 Å². The van der Waals surface area contributed by atoms with Gasteiger partial charge in [0, 0.05) is 37.8 Å². The highest BCUT2D eigenvalue weighted by molar-refractivity contribution is 6.31. The molecule has 0 radical (unpaired) electrons. The minimum Gasteiger partial charge on any atom is -0.370 e. The second-order valence-corrected chi connectivity index (χ2v) is 4.26. The fraction of sp³-hybridized carbons (Fsp3) is 0.417. The van der Waals surface area contributed by atoms with Crippen molar-refractivity contribution in [3.05, 3.63) is 34.6 Å². The molecule has 0 saturated carbocycles. The molecule has 0 aliphatic carbocycles. The summed E-state index contributed by atoms with van der Waals surface area (Å²) in [6, 6.07) is 4.39. The van der Waals surface area contributed by atoms with Crippen molar-refractivity contribution in [1.29, 1.82) is 0 Å². The Kier molecular flexibility index (Phi) is 7.94. The largest absolute Gasteiger partial charge is 0.370 e. The highest BCUT2D eigenvalue weighted by atomic mass is 35.5. The molecule has 19 heavy (non-hydrogen) atoms. The Labute approximate surface area is 123 Å². The number of nitrogens with zero attached hydrogens (tertiary/aromatic N) is 1. The van der Waals surface area contributed by atoms with Crippen LogP contribution in [0.15, 0.2) is 18.2 Å². The summed E-state index contributed by atoms with van der Waals surface area (Å²) in [7, 11) is 2.95. The van der Waals surface area contributed by atoms with Crippen molar-refractivity contribution in [1.82, 2.24) is 4.90 Å². The van der Waals surface area contributed by atoms with Gasteiger partial charge >= 0.3 is 0 Å². The minimum absolute atomic E-state index is 0. The summed E-state index contributed by atoms with van der Waals surface area (Å²) in [4.78, 5) is 13.2. The first-order valence-electron chi connectivity index (χ1n) is 5.42. The first-order chi connectivity index (χ1) is 8.51. The molecule has 1 aromatic carbocycles. The lowest BCUT2D eigenvalue weighted by molar-refractivity contribution is -0.140. The van der Waals surface area contributed by atoms with Gasteiger partial charge in [-0.15, -0.1) is 12.4 Å². The van der Waals surface area contributed by atoms with Crippen LogP contribution in [0, 0.1) is 5.82 Å². The topological polar surface area (TPSA) is 55.6 Å². The van der Waals surface area contributed by atoms with E-state index in [1.165, 1.54) is 24.1 Å². The highest BCUT2D eigenvalue weighted by Crippen LogP contribution is 2.20. The van der Waals surface area contributed by atoms with E-state index in [0.29, 0.717) is 0 Å². The lowest BCUT2D eigenvalue weighted by Gasteiger charge is -2.22. The van der Waals surface area contributed by atoms with E-state index in [0.717, 1.165) is 0 Å². The summed E-state index contributed by atoms with van der Waals surface area (Å²) in [5.74, 6) is -0.747. The number of benzene rings is 1. The third-order valence-corrected chi connectivity index (χ3v) is 2.96. The van der Waals surface area contributed by atoms with E-state index in [1.54, 1.807) is 13.1 Å². The number of hydrogen-bond donors (Lipinski definition) is 1. The molecular weight excluding hydrogens is 294 g/mol. The van der Waals surface area contributed by atoms with Gasteiger partial charge in [0.1, 0.15) is 11.9 Å². The quantitative estimate of drug-likeness (QED) is 0.902. The lowest BCUT2D eigenvalue weighted by atomic mass is 10.2. The molecule has 1 atom stereocenters. The van der Waals surface area contributed by atoms with Gasteiger partial charge in [0.25, 0.3) is 5.91 Å². The van der Waals surface area contributed by atoms with Crippen molar-refractivity contribution >= 4 is 29.9 Å². The molecule has 1 aromatic rings. The maximum atomic E-state index is 13.6. The van der Waals surface area contributed by atoms with Gasteiger partial charge in [0.2, 0.25) is 0 Å². The monoisotopic (exact) mass is 310 g/mol. The number of carbonyl (C=O) groups excluding carboxylic acids is 1. The van der Waals surface area contributed by atoms with E-state index in [9.17, 15) is 9.18 Å². The van der Waals surface area contributed by atoms with E-state index in [4.69, 9.17) is 22.1 Å². The van der Waals surface area contributed by atoms with Crippen LogP contribution >= 0.6 is 24.0 Å². The first kappa shape index (κ1) is 18.1. The number of methoxy groups -OCH3 is 1. The van der Waals surface area contributed by atoms with E-state index < -0.39 is 11.9 Å². The number of carbonyl (C=O) groups is 1. The van der Waals surface area contributed by atoms with Gasteiger partial charge in [-0.05, 0) is 12.1 Å². The van der Waals surface area contributed by atoms with E-state index in [-0.39, 0.29) is 42.0 Å². The predicted molar refractivity (Wildman–Crippen MR) is 75.0 cm³/mol. The number of nitrogens with two attached hydrogens (primary N) is 1. The minimum atomic E-state index is -0.722. The standard InChI is InChI=1S/C12H16ClFN2O2.ClH/c1-16(12(17)11(6-15)18-2)7-8-9(13)4-3-5-10(8)14;/h3-5,11H,6-7,15H2,1-2H3;1H. The zero-order chi connectivity index (χ0) is 13.7. The van der Waals surface area contributed by atoms with Crippen LogP contribution < -0.4 is 5.73 Å². The van der Waals surface area contributed by atoms with Gasteiger partial charge in [0.05, 0.1) is 0 Å². The summed E-state index contributed by atoms with van der Waals surface area (Å²) in [5, 5.41) is 0.288. The smallest absolute Gasteiger partial charge is 0.253 e. The molecule has 2 N–H and O–H groups in total. The van der Waals surface area contributed by atoms with Gasteiger partial charge < -0.3 is 15.4 Å². The Morgan fingerprint density at radius 1 is 1.58 bits per heavy atom. The van der Waals surface area contributed by atoms with Crippen molar-refractivity contribution < 1.29 is 13.9 Å². The molecule has 0 saturated heterocycles. The molecule has 0 aliphatic heterocycles. The summed E-state index contributed by atoms with van der Waals surface area (Å²) >= 11 is 5.89. The fourth-order valence-electron chi connectivity index (χ4n) is 1.54. The zero-order valence-electron chi connectivity index (χ0n) is 10.7. The van der Waals surface area contributed by atoms with Gasteiger partial charge in [-0.3, -0.25) is 4.79 Å². The Morgan fingerprint density at radius 3 is 2.68 bits per heavy atom. The van der Waals surface area contributed by atoms with Crippen molar-refractivity contribution in [2.24, 2.45) is 5.73 Å². The molecule has 1 rings (SSSR count). The second-order valence-electron chi connectivity index (χ2n) is 3.85. The molecule has 0 spiro atoms. The maximum Gasteiger partial charge on any atom is 0.253 e. The third-order valence-electron chi connectivity index (χ3n) is 2.61. The Balaban J connectivity index is 0.00000324. The average molecular weight is 311 g/mol. The van der Waals surface area contributed by atoms with Crippen LogP contribution in [-0.2, 0) is 16.1 Å². The molecule has 0 fully saturated rings. The lowest BCUT2D eigenvalue weighted by Crippen LogP contribution is -2.41. The third kappa shape index (κ3) is 4.62. The average Bonchev–Trinajstić information content (AvgIpc) is 2.35. The fourth-order valence-corrected chi connectivity index (χ4v) is 1.76. The van der Waals surface area contributed by atoms with Crippen LogP contribution in [-0.4, -0.2) is 37.6 Å². The normalized spacial score (nSPS) is 11.6. The highest BCUT2D eigenvalue weighted by Gasteiger charge is 2.21. The van der Waals surface area contributed by atoms with Crippen molar-refractivity contribution in [3.63, 3.8) is 0 Å². The number of ether oxygens (including phenoxy) is 1. The zero-order valence-corrected chi connectivity index (χ0v) is 12.3. The van der Waals surface area contributed by atoms with E-state index >= 15 is 0 Å². The summed E-state index contributed by atoms with van der Waals surface area (Å²) < 4.78 is 18.5. The molecule has 7 heteroatoms.